The molecule has 0 saturated carbocycles. The molecule has 1 aliphatic carbocycles. The van der Waals surface area contributed by atoms with Gasteiger partial charge in [-0.1, -0.05) is 12.1 Å². The normalized spacial score (nSPS) is 23.1. The smallest absolute Gasteiger partial charge is 0.160 e. The molecule has 0 bridgehead atoms. The second kappa shape index (κ2) is 4.92. The summed E-state index contributed by atoms with van der Waals surface area (Å²) in [5.41, 5.74) is 4.32. The number of nitrogens with one attached hydrogen (secondary N) is 1. The standard InChI is InChI=1S/C18H19NO3/c20-12-4-1-10(2-5-12)15-9-19-8-11-3-6-13-17(11)14(15)7-16(21)18(13)22/h1-2,4-5,7,11,15,19-22H,3,6,8-9H2/t11-,15+/m1/s1. The molecule has 2 atom stereocenters. The molecule has 4 heteroatoms. The molecule has 0 fully saturated rings. The van der Waals surface area contributed by atoms with Crippen LogP contribution >= 0.6 is 0 Å². The van der Waals surface area contributed by atoms with Crippen molar-refractivity contribution >= 4 is 0 Å². The Kier molecular flexibility index (Phi) is 3.01. The van der Waals surface area contributed by atoms with Gasteiger partial charge in [0.15, 0.2) is 11.5 Å². The van der Waals surface area contributed by atoms with Crippen molar-refractivity contribution in [2.75, 3.05) is 13.1 Å². The Hall–Kier alpha value is -2.20. The number of phenols is 3. The Balaban J connectivity index is 1.90. The Morgan fingerprint density at radius 3 is 2.55 bits per heavy atom. The number of benzene rings is 2. The molecule has 1 aliphatic heterocycles. The van der Waals surface area contributed by atoms with Crippen LogP contribution in [0.1, 0.15) is 40.5 Å². The predicted octanol–water partition coefficient (Wildman–Crippen LogP) is 2.57. The van der Waals surface area contributed by atoms with Crippen LogP contribution < -0.4 is 5.32 Å². The second-order valence-corrected chi connectivity index (χ2v) is 6.26. The Labute approximate surface area is 129 Å². The van der Waals surface area contributed by atoms with E-state index in [0.717, 1.165) is 42.6 Å². The maximum absolute atomic E-state index is 10.2. The quantitative estimate of drug-likeness (QED) is 0.610. The first-order valence-electron chi connectivity index (χ1n) is 7.72. The van der Waals surface area contributed by atoms with Crippen LogP contribution in [0.2, 0.25) is 0 Å². The number of hydrogen-bond donors (Lipinski definition) is 4. The van der Waals surface area contributed by atoms with Crippen molar-refractivity contribution in [2.24, 2.45) is 0 Å². The Morgan fingerprint density at radius 1 is 1.00 bits per heavy atom. The van der Waals surface area contributed by atoms with Crippen LogP contribution in [0.15, 0.2) is 30.3 Å². The van der Waals surface area contributed by atoms with Gasteiger partial charge >= 0.3 is 0 Å². The molecule has 0 amide bonds. The molecule has 114 valence electrons. The molecule has 2 aromatic carbocycles. The van der Waals surface area contributed by atoms with E-state index in [4.69, 9.17) is 0 Å². The molecule has 4 rings (SSSR count). The molecule has 2 aliphatic rings. The summed E-state index contributed by atoms with van der Waals surface area (Å²) in [4.78, 5) is 0. The van der Waals surface area contributed by atoms with E-state index in [1.165, 1.54) is 5.56 Å². The van der Waals surface area contributed by atoms with Crippen LogP contribution in [0.4, 0.5) is 0 Å². The minimum absolute atomic E-state index is 0.0277. The molecule has 4 nitrogen and oxygen atoms in total. The van der Waals surface area contributed by atoms with E-state index >= 15 is 0 Å². The summed E-state index contributed by atoms with van der Waals surface area (Å²) >= 11 is 0. The highest BCUT2D eigenvalue weighted by Crippen LogP contribution is 2.48. The third-order valence-corrected chi connectivity index (χ3v) is 5.02. The van der Waals surface area contributed by atoms with Gasteiger partial charge in [0.05, 0.1) is 0 Å². The average molecular weight is 297 g/mol. The van der Waals surface area contributed by atoms with Gasteiger partial charge in [-0.25, -0.2) is 0 Å². The number of phenolic OH excluding ortho intramolecular Hbond substituents is 3. The van der Waals surface area contributed by atoms with E-state index in [-0.39, 0.29) is 23.2 Å². The fourth-order valence-electron chi connectivity index (χ4n) is 3.96. The molecule has 0 radical (unpaired) electrons. The zero-order valence-corrected chi connectivity index (χ0v) is 12.2. The van der Waals surface area contributed by atoms with E-state index < -0.39 is 0 Å². The molecule has 0 unspecified atom stereocenters. The van der Waals surface area contributed by atoms with Gasteiger partial charge in [-0.2, -0.15) is 0 Å². The third kappa shape index (κ3) is 1.95. The lowest BCUT2D eigenvalue weighted by molar-refractivity contribution is 0.399. The molecule has 0 aromatic heterocycles. The van der Waals surface area contributed by atoms with Crippen molar-refractivity contribution in [2.45, 2.75) is 24.7 Å². The number of rotatable bonds is 1. The monoisotopic (exact) mass is 297 g/mol. The average Bonchev–Trinajstić information content (AvgIpc) is 2.85. The van der Waals surface area contributed by atoms with Crippen LogP contribution in [0.5, 0.6) is 17.2 Å². The largest absolute Gasteiger partial charge is 0.508 e. The van der Waals surface area contributed by atoms with E-state index in [1.54, 1.807) is 18.2 Å². The van der Waals surface area contributed by atoms with Gasteiger partial charge in [-0.3, -0.25) is 0 Å². The summed E-state index contributed by atoms with van der Waals surface area (Å²) in [5, 5.41) is 33.3. The predicted molar refractivity (Wildman–Crippen MR) is 83.7 cm³/mol. The second-order valence-electron chi connectivity index (χ2n) is 6.26. The molecule has 1 heterocycles. The fourth-order valence-corrected chi connectivity index (χ4v) is 3.96. The van der Waals surface area contributed by atoms with E-state index in [1.807, 2.05) is 12.1 Å². The van der Waals surface area contributed by atoms with Gasteiger partial charge in [-0.05, 0) is 53.6 Å². The molecule has 4 N–H and O–H groups in total. The highest BCUT2D eigenvalue weighted by Gasteiger charge is 2.34. The van der Waals surface area contributed by atoms with Crippen LogP contribution in [0, 0.1) is 0 Å². The summed E-state index contributed by atoms with van der Waals surface area (Å²) in [6.45, 7) is 1.69. The van der Waals surface area contributed by atoms with Crippen LogP contribution in [-0.2, 0) is 6.42 Å². The van der Waals surface area contributed by atoms with Gasteiger partial charge in [-0.15, -0.1) is 0 Å². The fraction of sp³-hybridized carbons (Fsp3) is 0.333. The lowest BCUT2D eigenvalue weighted by Crippen LogP contribution is -2.22. The van der Waals surface area contributed by atoms with Crippen molar-refractivity contribution < 1.29 is 15.3 Å². The highest BCUT2D eigenvalue weighted by atomic mass is 16.3. The van der Waals surface area contributed by atoms with Gasteiger partial charge in [0.2, 0.25) is 0 Å². The SMILES string of the molecule is Oc1ccc([C@@H]2CNC[C@H]3CCc4c(O)c(O)cc2c43)cc1. The summed E-state index contributed by atoms with van der Waals surface area (Å²) in [7, 11) is 0. The number of hydrogen-bond acceptors (Lipinski definition) is 4. The molecule has 0 saturated heterocycles. The van der Waals surface area contributed by atoms with Gasteiger partial charge in [0, 0.05) is 24.6 Å². The molecule has 22 heavy (non-hydrogen) atoms. The van der Waals surface area contributed by atoms with Gasteiger partial charge in [0.25, 0.3) is 0 Å². The summed E-state index contributed by atoms with van der Waals surface area (Å²) < 4.78 is 0. The summed E-state index contributed by atoms with van der Waals surface area (Å²) in [6.07, 6.45) is 1.83. The van der Waals surface area contributed by atoms with Crippen LogP contribution in [-0.4, -0.2) is 28.4 Å². The first-order valence-corrected chi connectivity index (χ1v) is 7.72. The zero-order chi connectivity index (χ0) is 15.3. The topological polar surface area (TPSA) is 72.7 Å². The van der Waals surface area contributed by atoms with Crippen molar-refractivity contribution in [3.63, 3.8) is 0 Å². The number of aromatic hydroxyl groups is 3. The van der Waals surface area contributed by atoms with Crippen molar-refractivity contribution in [3.05, 3.63) is 52.6 Å². The molecular formula is C18H19NO3. The lowest BCUT2D eigenvalue weighted by atomic mass is 9.85. The first kappa shape index (κ1) is 13.5. The minimum atomic E-state index is -0.0277. The van der Waals surface area contributed by atoms with E-state index in [2.05, 4.69) is 5.32 Å². The summed E-state index contributed by atoms with van der Waals surface area (Å²) in [5.74, 6) is 0.789. The molecular weight excluding hydrogens is 278 g/mol. The zero-order valence-electron chi connectivity index (χ0n) is 12.2. The molecule has 0 spiro atoms. The molecule has 2 aromatic rings. The minimum Gasteiger partial charge on any atom is -0.508 e. The highest BCUT2D eigenvalue weighted by molar-refractivity contribution is 5.59. The van der Waals surface area contributed by atoms with E-state index in [9.17, 15) is 15.3 Å². The maximum atomic E-state index is 10.2. The van der Waals surface area contributed by atoms with Crippen LogP contribution in [0.3, 0.4) is 0 Å². The Bertz CT molecular complexity index is 724. The van der Waals surface area contributed by atoms with E-state index in [0.29, 0.717) is 5.92 Å². The lowest BCUT2D eigenvalue weighted by Gasteiger charge is -2.20. The maximum Gasteiger partial charge on any atom is 0.160 e. The third-order valence-electron chi connectivity index (χ3n) is 5.02. The van der Waals surface area contributed by atoms with Gasteiger partial charge in [0.1, 0.15) is 5.75 Å². The van der Waals surface area contributed by atoms with Crippen molar-refractivity contribution in [1.82, 2.24) is 5.32 Å². The van der Waals surface area contributed by atoms with Gasteiger partial charge < -0.3 is 20.6 Å². The van der Waals surface area contributed by atoms with Crippen molar-refractivity contribution in [1.29, 1.82) is 0 Å². The van der Waals surface area contributed by atoms with Crippen molar-refractivity contribution in [3.8, 4) is 17.2 Å². The van der Waals surface area contributed by atoms with Crippen LogP contribution in [0.25, 0.3) is 0 Å². The first-order chi connectivity index (χ1) is 10.6. The Morgan fingerprint density at radius 2 is 1.77 bits per heavy atom. The summed E-state index contributed by atoms with van der Waals surface area (Å²) in [6, 6.07) is 8.95.